The third-order valence-corrected chi connectivity index (χ3v) is 5.68. The molecule has 0 saturated carbocycles. The summed E-state index contributed by atoms with van der Waals surface area (Å²) in [4.78, 5) is 13.6. The summed E-state index contributed by atoms with van der Waals surface area (Å²) in [7, 11) is -2.06. The lowest BCUT2D eigenvalue weighted by molar-refractivity contribution is 0.200. The van der Waals surface area contributed by atoms with Crippen LogP contribution in [0.25, 0.3) is 0 Å². The van der Waals surface area contributed by atoms with Crippen LogP contribution < -0.4 is 10.0 Å². The summed E-state index contributed by atoms with van der Waals surface area (Å²) in [5, 5.41) is 1.87. The molecule has 0 bridgehead atoms. The van der Waals surface area contributed by atoms with Crippen molar-refractivity contribution < 1.29 is 17.6 Å². The molecular formula is C13H17ClFN3O3S. The molecule has 0 spiro atoms. The molecule has 2 amide bonds. The lowest BCUT2D eigenvalue weighted by Gasteiger charge is -2.32. The predicted molar refractivity (Wildman–Crippen MR) is 83.0 cm³/mol. The average molecular weight is 350 g/mol. The van der Waals surface area contributed by atoms with Gasteiger partial charge >= 0.3 is 6.03 Å². The molecular weight excluding hydrogens is 333 g/mol. The van der Waals surface area contributed by atoms with Gasteiger partial charge in [0.1, 0.15) is 5.82 Å². The van der Waals surface area contributed by atoms with Gasteiger partial charge in [0.2, 0.25) is 10.0 Å². The van der Waals surface area contributed by atoms with Crippen LogP contribution in [0, 0.1) is 5.82 Å². The fourth-order valence-corrected chi connectivity index (χ4v) is 3.69. The first-order chi connectivity index (χ1) is 10.3. The number of piperidine rings is 1. The highest BCUT2D eigenvalue weighted by Crippen LogP contribution is 2.21. The Morgan fingerprint density at radius 3 is 2.82 bits per heavy atom. The maximum atomic E-state index is 13.1. The van der Waals surface area contributed by atoms with E-state index in [1.54, 1.807) is 0 Å². The fourth-order valence-electron chi connectivity index (χ4n) is 2.32. The van der Waals surface area contributed by atoms with E-state index in [0.29, 0.717) is 25.1 Å². The SMILES string of the molecule is CNS(=O)(=O)C1CCCN(C(=O)Nc2ccc(F)c(Cl)c2)C1. The molecule has 0 aliphatic carbocycles. The molecule has 1 aromatic rings. The minimum Gasteiger partial charge on any atom is -0.323 e. The highest BCUT2D eigenvalue weighted by atomic mass is 35.5. The Hall–Kier alpha value is -1.38. The number of nitrogens with zero attached hydrogens (tertiary/aromatic N) is 1. The van der Waals surface area contributed by atoms with Crippen LogP contribution in [0.15, 0.2) is 18.2 Å². The van der Waals surface area contributed by atoms with Crippen LogP contribution in [0.1, 0.15) is 12.8 Å². The number of nitrogens with one attached hydrogen (secondary N) is 2. The quantitative estimate of drug-likeness (QED) is 0.876. The van der Waals surface area contributed by atoms with E-state index in [-0.39, 0.29) is 11.6 Å². The molecule has 22 heavy (non-hydrogen) atoms. The van der Waals surface area contributed by atoms with Gasteiger partial charge < -0.3 is 10.2 Å². The third-order valence-electron chi connectivity index (χ3n) is 3.56. The standard InChI is InChI=1S/C13H17ClFN3O3S/c1-16-22(20,21)10-3-2-6-18(8-10)13(19)17-9-4-5-12(15)11(14)7-9/h4-5,7,10,16H,2-3,6,8H2,1H3,(H,17,19). The zero-order valence-electron chi connectivity index (χ0n) is 12.0. The number of anilines is 1. The molecule has 1 atom stereocenters. The van der Waals surface area contributed by atoms with Gasteiger partial charge in [0.25, 0.3) is 0 Å². The average Bonchev–Trinajstić information content (AvgIpc) is 2.51. The molecule has 1 aliphatic rings. The van der Waals surface area contributed by atoms with Crippen LogP contribution >= 0.6 is 11.6 Å². The van der Waals surface area contributed by atoms with Crippen LogP contribution in [-0.4, -0.2) is 44.7 Å². The zero-order valence-corrected chi connectivity index (χ0v) is 13.5. The van der Waals surface area contributed by atoms with E-state index in [9.17, 15) is 17.6 Å². The van der Waals surface area contributed by atoms with Crippen LogP contribution in [0.5, 0.6) is 0 Å². The van der Waals surface area contributed by atoms with Gasteiger partial charge in [-0.2, -0.15) is 0 Å². The summed E-state index contributed by atoms with van der Waals surface area (Å²) in [6, 6.07) is 3.42. The largest absolute Gasteiger partial charge is 0.323 e. The van der Waals surface area contributed by atoms with Gasteiger partial charge in [-0.1, -0.05) is 11.6 Å². The molecule has 122 valence electrons. The van der Waals surface area contributed by atoms with E-state index in [2.05, 4.69) is 10.0 Å². The van der Waals surface area contributed by atoms with E-state index in [1.165, 1.54) is 24.1 Å². The van der Waals surface area contributed by atoms with Crippen LogP contribution in [0.4, 0.5) is 14.9 Å². The lowest BCUT2D eigenvalue weighted by atomic mass is 10.1. The molecule has 1 unspecified atom stereocenters. The summed E-state index contributed by atoms with van der Waals surface area (Å²) in [5.41, 5.74) is 0.356. The maximum absolute atomic E-state index is 13.1. The van der Waals surface area contributed by atoms with Gasteiger partial charge in [0.05, 0.1) is 10.3 Å². The molecule has 1 aromatic carbocycles. The Morgan fingerprint density at radius 1 is 1.45 bits per heavy atom. The molecule has 0 radical (unpaired) electrons. The van der Waals surface area contributed by atoms with Crippen LogP contribution in [0.3, 0.4) is 0 Å². The number of rotatable bonds is 3. The second kappa shape index (κ2) is 6.80. The van der Waals surface area contributed by atoms with Crippen LogP contribution in [-0.2, 0) is 10.0 Å². The predicted octanol–water partition coefficient (Wildman–Crippen LogP) is 2.02. The molecule has 2 rings (SSSR count). The number of hydrogen-bond acceptors (Lipinski definition) is 3. The minimum atomic E-state index is -3.42. The molecule has 1 fully saturated rings. The number of benzene rings is 1. The molecule has 1 heterocycles. The van der Waals surface area contributed by atoms with Gasteiger partial charge in [-0.15, -0.1) is 0 Å². The normalized spacial score (nSPS) is 19.0. The van der Waals surface area contributed by atoms with Crippen LogP contribution in [0.2, 0.25) is 5.02 Å². The van der Waals surface area contributed by atoms with Crippen molar-refractivity contribution in [3.05, 3.63) is 29.0 Å². The van der Waals surface area contributed by atoms with Crippen molar-refractivity contribution in [2.45, 2.75) is 18.1 Å². The Bertz CT molecular complexity index is 668. The van der Waals surface area contributed by atoms with Gasteiger partial charge in [0.15, 0.2) is 0 Å². The van der Waals surface area contributed by atoms with E-state index >= 15 is 0 Å². The van der Waals surface area contributed by atoms with E-state index in [4.69, 9.17) is 11.6 Å². The van der Waals surface area contributed by atoms with Crippen molar-refractivity contribution in [3.8, 4) is 0 Å². The second-order valence-electron chi connectivity index (χ2n) is 5.02. The number of carbonyl (C=O) groups is 1. The van der Waals surface area contributed by atoms with E-state index in [1.807, 2.05) is 0 Å². The van der Waals surface area contributed by atoms with E-state index < -0.39 is 27.1 Å². The number of hydrogen-bond donors (Lipinski definition) is 2. The van der Waals surface area contributed by atoms with Gasteiger partial charge in [-0.25, -0.2) is 22.3 Å². The Morgan fingerprint density at radius 2 is 2.18 bits per heavy atom. The number of carbonyl (C=O) groups excluding carboxylic acids is 1. The Kier molecular flexibility index (Phi) is 5.25. The summed E-state index contributed by atoms with van der Waals surface area (Å²) in [5.74, 6) is -0.571. The summed E-state index contributed by atoms with van der Waals surface area (Å²) in [6.45, 7) is 0.584. The highest BCUT2D eigenvalue weighted by Gasteiger charge is 2.31. The summed E-state index contributed by atoms with van der Waals surface area (Å²) < 4.78 is 39.0. The fraction of sp³-hybridized carbons (Fsp3) is 0.462. The monoisotopic (exact) mass is 349 g/mol. The summed E-state index contributed by atoms with van der Waals surface area (Å²) >= 11 is 5.66. The number of urea groups is 1. The third kappa shape index (κ3) is 3.88. The van der Waals surface area contributed by atoms with Crippen molar-refractivity contribution in [2.75, 3.05) is 25.5 Å². The van der Waals surface area contributed by atoms with E-state index in [0.717, 1.165) is 6.07 Å². The molecule has 2 N–H and O–H groups in total. The number of likely N-dealkylation sites (tertiary alicyclic amines) is 1. The first kappa shape index (κ1) is 17.0. The highest BCUT2D eigenvalue weighted by molar-refractivity contribution is 7.90. The Balaban J connectivity index is 2.04. The molecule has 1 aliphatic heterocycles. The smallest absolute Gasteiger partial charge is 0.321 e. The molecule has 9 heteroatoms. The number of sulfonamides is 1. The van der Waals surface area contributed by atoms with Gasteiger partial charge in [0, 0.05) is 18.8 Å². The number of amides is 2. The first-order valence-corrected chi connectivity index (χ1v) is 8.69. The molecule has 0 aromatic heterocycles. The van der Waals surface area contributed by atoms with Gasteiger partial charge in [-0.3, -0.25) is 0 Å². The zero-order chi connectivity index (χ0) is 16.3. The van der Waals surface area contributed by atoms with Crippen molar-refractivity contribution in [2.24, 2.45) is 0 Å². The maximum Gasteiger partial charge on any atom is 0.321 e. The van der Waals surface area contributed by atoms with Crippen molar-refractivity contribution in [3.63, 3.8) is 0 Å². The minimum absolute atomic E-state index is 0.0907. The van der Waals surface area contributed by atoms with Crippen molar-refractivity contribution in [1.29, 1.82) is 0 Å². The second-order valence-corrected chi connectivity index (χ2v) is 7.59. The van der Waals surface area contributed by atoms with Crippen molar-refractivity contribution >= 4 is 33.3 Å². The number of halogens is 2. The van der Waals surface area contributed by atoms with Crippen molar-refractivity contribution in [1.82, 2.24) is 9.62 Å². The first-order valence-electron chi connectivity index (χ1n) is 6.77. The molecule has 6 nitrogen and oxygen atoms in total. The Labute approximate surface area is 133 Å². The van der Waals surface area contributed by atoms with Gasteiger partial charge in [-0.05, 0) is 38.1 Å². The lowest BCUT2D eigenvalue weighted by Crippen LogP contribution is -2.49. The topological polar surface area (TPSA) is 78.5 Å². The summed E-state index contributed by atoms with van der Waals surface area (Å²) in [6.07, 6.45) is 1.11. The molecule has 1 saturated heterocycles.